The van der Waals surface area contributed by atoms with Gasteiger partial charge in [-0.3, -0.25) is 9.59 Å². The topological polar surface area (TPSA) is 101 Å². The van der Waals surface area contributed by atoms with Crippen LogP contribution in [0.4, 0.5) is 39.5 Å². The van der Waals surface area contributed by atoms with Crippen molar-refractivity contribution in [1.82, 2.24) is 14.8 Å². The fraction of sp³-hybridized carbons (Fsp3) is 0.432. The average molecular weight is 772 g/mol. The first-order valence-electron chi connectivity index (χ1n) is 17.0. The Labute approximate surface area is 301 Å². The quantitative estimate of drug-likeness (QED) is 0.192. The molecule has 17 heteroatoms. The van der Waals surface area contributed by atoms with Crippen LogP contribution >= 0.6 is 0 Å². The van der Waals surface area contributed by atoms with Gasteiger partial charge in [-0.25, -0.2) is 4.79 Å². The van der Waals surface area contributed by atoms with E-state index in [0.717, 1.165) is 4.57 Å². The van der Waals surface area contributed by atoms with Crippen LogP contribution in [0.5, 0.6) is 0 Å². The van der Waals surface area contributed by atoms with Crippen molar-refractivity contribution in [2.75, 3.05) is 19.7 Å². The van der Waals surface area contributed by atoms with Crippen LogP contribution in [0, 0.1) is 5.41 Å². The van der Waals surface area contributed by atoms with E-state index in [1.165, 1.54) is 72.6 Å². The molecule has 2 fully saturated rings. The number of halogens is 9. The number of amides is 1. The van der Waals surface area contributed by atoms with Gasteiger partial charge in [-0.1, -0.05) is 54.6 Å². The van der Waals surface area contributed by atoms with Gasteiger partial charge in [0, 0.05) is 31.5 Å². The Balaban J connectivity index is 1.30. The van der Waals surface area contributed by atoms with Crippen LogP contribution in [-0.2, 0) is 34.0 Å². The monoisotopic (exact) mass is 771 g/mol. The largest absolute Gasteiger partial charge is 0.480 e. The highest BCUT2D eigenvalue weighted by Crippen LogP contribution is 2.48. The minimum atomic E-state index is -5.15. The normalized spacial score (nSPS) is 20.6. The molecule has 6 rings (SSSR count). The number of nitrogens with one attached hydrogen (secondary N) is 1. The lowest BCUT2D eigenvalue weighted by molar-refractivity contribution is -0.244. The van der Waals surface area contributed by atoms with Gasteiger partial charge < -0.3 is 24.6 Å². The van der Waals surface area contributed by atoms with E-state index in [2.05, 4.69) is 0 Å². The molecule has 2 aliphatic heterocycles. The van der Waals surface area contributed by atoms with E-state index in [-0.39, 0.29) is 58.9 Å². The molecule has 2 unspecified atom stereocenters. The molecule has 0 bridgehead atoms. The van der Waals surface area contributed by atoms with Crippen molar-refractivity contribution in [3.8, 4) is 11.1 Å². The Kier molecular flexibility index (Phi) is 10.3. The van der Waals surface area contributed by atoms with E-state index < -0.39 is 96.4 Å². The van der Waals surface area contributed by atoms with Crippen LogP contribution < -0.4 is 10.9 Å². The molecule has 2 N–H and O–H groups in total. The maximum absolute atomic E-state index is 14.7. The van der Waals surface area contributed by atoms with Crippen LogP contribution in [0.2, 0.25) is 0 Å². The number of carbonyl (C=O) groups excluding carboxylic acids is 1. The maximum Gasteiger partial charge on any atom is 0.417 e. The number of nitrogens with zero attached hydrogens (tertiary/aromatic N) is 2. The van der Waals surface area contributed by atoms with Gasteiger partial charge in [0.1, 0.15) is 11.5 Å². The summed E-state index contributed by atoms with van der Waals surface area (Å²) in [5, 5.41) is 12.2. The van der Waals surface area contributed by atoms with Crippen molar-refractivity contribution in [1.29, 1.82) is 0 Å². The van der Waals surface area contributed by atoms with E-state index in [1.54, 1.807) is 0 Å². The van der Waals surface area contributed by atoms with Crippen molar-refractivity contribution in [2.45, 2.75) is 68.8 Å². The molecule has 290 valence electrons. The van der Waals surface area contributed by atoms with Crippen LogP contribution in [0.25, 0.3) is 32.8 Å². The Bertz CT molecular complexity index is 2140. The van der Waals surface area contributed by atoms with Crippen molar-refractivity contribution in [3.63, 3.8) is 0 Å². The zero-order valence-electron chi connectivity index (χ0n) is 28.5. The smallest absolute Gasteiger partial charge is 0.417 e. The second-order valence-corrected chi connectivity index (χ2v) is 13.7. The summed E-state index contributed by atoms with van der Waals surface area (Å²) in [5.74, 6) is -3.30. The Morgan fingerprint density at radius 2 is 1.54 bits per heavy atom. The first kappa shape index (κ1) is 39.1. The average Bonchev–Trinajstić information content (AvgIpc) is 3.11. The van der Waals surface area contributed by atoms with Gasteiger partial charge >= 0.3 is 24.5 Å². The van der Waals surface area contributed by atoms with Crippen molar-refractivity contribution in [2.24, 2.45) is 12.5 Å². The molecule has 4 aromatic rings. The van der Waals surface area contributed by atoms with E-state index in [1.807, 2.05) is 5.32 Å². The summed E-state index contributed by atoms with van der Waals surface area (Å²) in [5.41, 5.74) is -5.73. The molecule has 2 saturated heterocycles. The SMILES string of the molecule is Cn1c(=O)c(-c2cccc3c(C[C@H](NC(=O)C4(C(F)(F)F)CCN(C5CCOC(C(F)(F)F)C5)CC4)C(=O)O)cccc23)c(C(F)(F)F)c2ccccc21. The molecule has 0 radical (unpaired) electrons. The number of hydrogen-bond donors (Lipinski definition) is 2. The van der Waals surface area contributed by atoms with Gasteiger partial charge in [-0.2, -0.15) is 39.5 Å². The summed E-state index contributed by atoms with van der Waals surface area (Å²) in [7, 11) is 1.33. The second kappa shape index (κ2) is 14.2. The number of pyridine rings is 1. The second-order valence-electron chi connectivity index (χ2n) is 13.7. The molecule has 0 aliphatic carbocycles. The highest BCUT2D eigenvalue weighted by atomic mass is 19.4. The van der Waals surface area contributed by atoms with Crippen molar-refractivity contribution >= 4 is 33.6 Å². The molecule has 1 aromatic heterocycles. The summed E-state index contributed by atoms with van der Waals surface area (Å²) in [6.45, 7) is -0.991. The van der Waals surface area contributed by atoms with Gasteiger partial charge in [0.25, 0.3) is 5.56 Å². The summed E-state index contributed by atoms with van der Waals surface area (Å²) in [6.07, 6.45) is -19.4. The van der Waals surface area contributed by atoms with Crippen LogP contribution in [0.15, 0.2) is 65.5 Å². The number of likely N-dealkylation sites (tertiary alicyclic amines) is 1. The Morgan fingerprint density at radius 3 is 2.17 bits per heavy atom. The number of benzene rings is 3. The van der Waals surface area contributed by atoms with Crippen LogP contribution in [0.3, 0.4) is 0 Å². The summed E-state index contributed by atoms with van der Waals surface area (Å²) < 4.78 is 134. The summed E-state index contributed by atoms with van der Waals surface area (Å²) in [6, 6.07) is 11.2. The summed E-state index contributed by atoms with van der Waals surface area (Å²) in [4.78, 5) is 41.0. The zero-order chi connectivity index (χ0) is 39.4. The number of aryl methyl sites for hydroxylation is 1. The molecule has 8 nitrogen and oxygen atoms in total. The standard InChI is InChI=1S/C37H34F9N3O5/c1-48-27-11-3-2-7-25(27)30(36(41,42)43)29(31(48)50)24-10-5-8-22-20(6-4-9-23(22)24)18-26(32(51)52)47-33(53)34(37(44,45)46)13-15-49(16-14-34)21-12-17-54-28(19-21)35(38,39)40/h2-11,21,26,28H,12-19H2,1H3,(H,47,53)(H,51,52)/t21?,26-,28?/m0/s1. The number of hydrogen-bond acceptors (Lipinski definition) is 5. The number of rotatable bonds is 7. The number of piperidine rings is 1. The molecule has 1 amide bonds. The highest BCUT2D eigenvalue weighted by molar-refractivity contribution is 6.02. The fourth-order valence-electron chi connectivity index (χ4n) is 7.78. The lowest BCUT2D eigenvalue weighted by Gasteiger charge is -2.46. The minimum absolute atomic E-state index is 0.0422. The number of para-hydroxylation sites is 1. The van der Waals surface area contributed by atoms with Gasteiger partial charge in [-0.15, -0.1) is 0 Å². The number of carboxylic acids is 1. The minimum Gasteiger partial charge on any atom is -0.480 e. The van der Waals surface area contributed by atoms with E-state index in [9.17, 15) is 59.0 Å². The highest BCUT2D eigenvalue weighted by Gasteiger charge is 2.61. The third-order valence-electron chi connectivity index (χ3n) is 10.7. The third kappa shape index (κ3) is 7.14. The Hall–Kier alpha value is -4.64. The van der Waals surface area contributed by atoms with E-state index in [4.69, 9.17) is 4.74 Å². The van der Waals surface area contributed by atoms with E-state index >= 15 is 0 Å². The molecule has 3 aromatic carbocycles. The Morgan fingerprint density at radius 1 is 0.907 bits per heavy atom. The number of aliphatic carboxylic acids is 1. The molecule has 3 atom stereocenters. The summed E-state index contributed by atoms with van der Waals surface area (Å²) >= 11 is 0. The fourth-order valence-corrected chi connectivity index (χ4v) is 7.78. The number of fused-ring (bicyclic) bond motifs is 2. The molecule has 2 aliphatic rings. The lowest BCUT2D eigenvalue weighted by atomic mass is 9.75. The van der Waals surface area contributed by atoms with Crippen molar-refractivity contribution < 1.29 is 58.9 Å². The van der Waals surface area contributed by atoms with E-state index in [0.29, 0.717) is 0 Å². The third-order valence-corrected chi connectivity index (χ3v) is 10.7. The van der Waals surface area contributed by atoms with Crippen LogP contribution in [-0.4, -0.2) is 76.7 Å². The van der Waals surface area contributed by atoms with Gasteiger partial charge in [-0.05, 0) is 66.7 Å². The van der Waals surface area contributed by atoms with Gasteiger partial charge in [0.15, 0.2) is 6.10 Å². The number of aromatic nitrogens is 1. The molecular formula is C37H34F9N3O5. The maximum atomic E-state index is 14.7. The first-order chi connectivity index (χ1) is 25.2. The number of ether oxygens (including phenoxy) is 1. The first-order valence-corrected chi connectivity index (χ1v) is 17.0. The number of alkyl halides is 9. The lowest BCUT2D eigenvalue weighted by Crippen LogP contribution is -2.60. The predicted molar refractivity (Wildman–Crippen MR) is 179 cm³/mol. The predicted octanol–water partition coefficient (Wildman–Crippen LogP) is 7.24. The number of carbonyl (C=O) groups is 2. The number of carboxylic acid groups (broad SMARTS) is 1. The molecule has 54 heavy (non-hydrogen) atoms. The van der Waals surface area contributed by atoms with Gasteiger partial charge in [0.2, 0.25) is 5.91 Å². The molecule has 0 saturated carbocycles. The molecular weight excluding hydrogens is 737 g/mol. The van der Waals surface area contributed by atoms with Crippen molar-refractivity contribution in [3.05, 3.63) is 82.1 Å². The van der Waals surface area contributed by atoms with Crippen LogP contribution in [0.1, 0.15) is 36.8 Å². The zero-order valence-corrected chi connectivity index (χ0v) is 28.5. The molecule has 3 heterocycles. The molecule has 0 spiro atoms. The van der Waals surface area contributed by atoms with Gasteiger partial charge in [0.05, 0.1) is 16.6 Å².